The predicted molar refractivity (Wildman–Crippen MR) is 96.1 cm³/mol. The van der Waals surface area contributed by atoms with Crippen LogP contribution in [0.3, 0.4) is 0 Å². The van der Waals surface area contributed by atoms with Gasteiger partial charge in [-0.25, -0.2) is 0 Å². The maximum Gasteiger partial charge on any atom is 0.146 e. The van der Waals surface area contributed by atoms with Crippen molar-refractivity contribution < 1.29 is 4.79 Å². The smallest absolute Gasteiger partial charge is 0.146 e. The Bertz CT molecular complexity index is 550. The Balaban J connectivity index is 2.23. The molecule has 0 amide bonds. The van der Waals surface area contributed by atoms with Gasteiger partial charge in [0.15, 0.2) is 0 Å². The van der Waals surface area contributed by atoms with Crippen LogP contribution in [0.1, 0.15) is 38.3 Å². The molecule has 0 saturated heterocycles. The highest BCUT2D eigenvalue weighted by Gasteiger charge is 2.24. The number of Topliss-reactive ketones (excluding diaryl/α,β-unsaturated/α-hetero) is 1. The molecule has 0 N–H and O–H groups in total. The van der Waals surface area contributed by atoms with E-state index in [1.165, 1.54) is 11.1 Å². The van der Waals surface area contributed by atoms with Crippen molar-refractivity contribution in [2.45, 2.75) is 46.3 Å². The van der Waals surface area contributed by atoms with Crippen LogP contribution in [0, 0.1) is 5.92 Å². The second kappa shape index (κ2) is 8.64. The summed E-state index contributed by atoms with van der Waals surface area (Å²) in [6.45, 7) is 7.67. The third-order valence-corrected chi connectivity index (χ3v) is 4.06. The number of carbonyl (C=O) groups excluding carboxylic acids is 1. The Labute approximate surface area is 140 Å². The summed E-state index contributed by atoms with van der Waals surface area (Å²) < 4.78 is 0. The summed E-state index contributed by atoms with van der Waals surface area (Å²) in [5, 5.41) is 0. The Morgan fingerprint density at radius 3 is 1.65 bits per heavy atom. The molecule has 0 unspecified atom stereocenters. The molecule has 2 heteroatoms. The summed E-state index contributed by atoms with van der Waals surface area (Å²) >= 11 is 0. The number of hydrogen-bond donors (Lipinski definition) is 0. The average molecular weight is 309 g/mol. The number of rotatable bonds is 8. The highest BCUT2D eigenvalue weighted by Crippen LogP contribution is 2.19. The van der Waals surface area contributed by atoms with Gasteiger partial charge in [-0.15, -0.1) is 0 Å². The fourth-order valence-electron chi connectivity index (χ4n) is 2.93. The second-order valence-corrected chi connectivity index (χ2v) is 6.63. The zero-order chi connectivity index (χ0) is 16.7. The van der Waals surface area contributed by atoms with E-state index in [0.29, 0.717) is 5.92 Å². The zero-order valence-electron chi connectivity index (χ0n) is 14.4. The van der Waals surface area contributed by atoms with Crippen molar-refractivity contribution in [1.82, 2.24) is 4.90 Å². The van der Waals surface area contributed by atoms with Crippen LogP contribution >= 0.6 is 0 Å². The summed E-state index contributed by atoms with van der Waals surface area (Å²) in [7, 11) is 0. The van der Waals surface area contributed by atoms with E-state index in [4.69, 9.17) is 0 Å². The van der Waals surface area contributed by atoms with E-state index in [2.05, 4.69) is 67.3 Å². The SMILES string of the molecule is CC(=O)[C@H](CC(C)C)N(Cc1ccccc1)Cc1ccccc1. The van der Waals surface area contributed by atoms with Gasteiger partial charge in [-0.05, 0) is 30.4 Å². The van der Waals surface area contributed by atoms with Crippen molar-refractivity contribution in [3.63, 3.8) is 0 Å². The van der Waals surface area contributed by atoms with Crippen LogP contribution in [-0.2, 0) is 17.9 Å². The molecule has 0 fully saturated rings. The molecule has 122 valence electrons. The molecule has 0 aliphatic rings. The maximum absolute atomic E-state index is 12.3. The van der Waals surface area contributed by atoms with Crippen molar-refractivity contribution in [2.24, 2.45) is 5.92 Å². The van der Waals surface area contributed by atoms with Gasteiger partial charge in [0.2, 0.25) is 0 Å². The van der Waals surface area contributed by atoms with Crippen LogP contribution < -0.4 is 0 Å². The highest BCUT2D eigenvalue weighted by atomic mass is 16.1. The van der Waals surface area contributed by atoms with Crippen molar-refractivity contribution in [3.8, 4) is 0 Å². The standard InChI is InChI=1S/C21H27NO/c1-17(2)14-21(18(3)23)22(15-19-10-6-4-7-11-19)16-20-12-8-5-9-13-20/h4-13,17,21H,14-16H2,1-3H3/t21-/m0/s1. The van der Waals surface area contributed by atoms with E-state index in [-0.39, 0.29) is 11.8 Å². The van der Waals surface area contributed by atoms with Gasteiger partial charge in [-0.3, -0.25) is 9.69 Å². The first-order chi connectivity index (χ1) is 11.1. The van der Waals surface area contributed by atoms with Gasteiger partial charge >= 0.3 is 0 Å². The Morgan fingerprint density at radius 2 is 1.30 bits per heavy atom. The molecule has 0 saturated carbocycles. The zero-order valence-corrected chi connectivity index (χ0v) is 14.4. The molecule has 0 radical (unpaired) electrons. The van der Waals surface area contributed by atoms with Crippen LogP contribution in [-0.4, -0.2) is 16.7 Å². The second-order valence-electron chi connectivity index (χ2n) is 6.63. The molecule has 2 nitrogen and oxygen atoms in total. The Hall–Kier alpha value is -1.93. The molecule has 0 aromatic heterocycles. The van der Waals surface area contributed by atoms with Crippen molar-refractivity contribution >= 4 is 5.78 Å². The lowest BCUT2D eigenvalue weighted by molar-refractivity contribution is -0.123. The van der Waals surface area contributed by atoms with E-state index in [9.17, 15) is 4.79 Å². The van der Waals surface area contributed by atoms with Crippen LogP contribution in [0.4, 0.5) is 0 Å². The van der Waals surface area contributed by atoms with E-state index in [1.807, 2.05) is 12.1 Å². The van der Waals surface area contributed by atoms with E-state index >= 15 is 0 Å². The van der Waals surface area contributed by atoms with Gasteiger partial charge in [-0.2, -0.15) is 0 Å². The summed E-state index contributed by atoms with van der Waals surface area (Å²) in [6.07, 6.45) is 0.898. The number of ketones is 1. The average Bonchev–Trinajstić information content (AvgIpc) is 2.53. The van der Waals surface area contributed by atoms with Crippen molar-refractivity contribution in [1.29, 1.82) is 0 Å². The minimum absolute atomic E-state index is 0.0320. The summed E-state index contributed by atoms with van der Waals surface area (Å²) in [4.78, 5) is 14.6. The monoisotopic (exact) mass is 309 g/mol. The lowest BCUT2D eigenvalue weighted by Gasteiger charge is -2.31. The van der Waals surface area contributed by atoms with Crippen molar-refractivity contribution in [2.75, 3.05) is 0 Å². The number of carbonyl (C=O) groups is 1. The van der Waals surface area contributed by atoms with E-state index in [1.54, 1.807) is 6.92 Å². The summed E-state index contributed by atoms with van der Waals surface area (Å²) in [6, 6.07) is 20.8. The normalized spacial score (nSPS) is 12.6. The summed E-state index contributed by atoms with van der Waals surface area (Å²) in [5.74, 6) is 0.753. The molecule has 0 aliphatic heterocycles. The van der Waals surface area contributed by atoms with Crippen LogP contribution in [0.25, 0.3) is 0 Å². The molecule has 2 rings (SSSR count). The van der Waals surface area contributed by atoms with E-state index in [0.717, 1.165) is 19.5 Å². The first-order valence-electron chi connectivity index (χ1n) is 8.38. The van der Waals surface area contributed by atoms with Gasteiger partial charge < -0.3 is 0 Å². The molecular formula is C21H27NO. The maximum atomic E-state index is 12.3. The Morgan fingerprint density at radius 1 is 0.870 bits per heavy atom. The van der Waals surface area contributed by atoms with Crippen LogP contribution in [0.15, 0.2) is 60.7 Å². The van der Waals surface area contributed by atoms with Gasteiger partial charge in [0, 0.05) is 13.1 Å². The van der Waals surface area contributed by atoms with Crippen LogP contribution in [0.5, 0.6) is 0 Å². The van der Waals surface area contributed by atoms with Gasteiger partial charge in [0.05, 0.1) is 6.04 Å². The predicted octanol–water partition coefficient (Wildman–Crippen LogP) is 4.69. The Kier molecular flexibility index (Phi) is 6.54. The first-order valence-corrected chi connectivity index (χ1v) is 8.38. The van der Waals surface area contributed by atoms with Crippen LogP contribution in [0.2, 0.25) is 0 Å². The van der Waals surface area contributed by atoms with E-state index < -0.39 is 0 Å². The lowest BCUT2D eigenvalue weighted by atomic mass is 9.98. The number of nitrogens with zero attached hydrogens (tertiary/aromatic N) is 1. The molecule has 0 bridgehead atoms. The molecule has 23 heavy (non-hydrogen) atoms. The highest BCUT2D eigenvalue weighted by molar-refractivity contribution is 5.81. The molecular weight excluding hydrogens is 282 g/mol. The molecule has 0 spiro atoms. The molecule has 2 aromatic carbocycles. The molecule has 0 aliphatic carbocycles. The van der Waals surface area contributed by atoms with Crippen molar-refractivity contribution in [3.05, 3.63) is 71.8 Å². The summed E-state index contributed by atoms with van der Waals surface area (Å²) in [5.41, 5.74) is 2.50. The molecule has 2 aromatic rings. The minimum atomic E-state index is -0.0320. The van der Waals surface area contributed by atoms with Gasteiger partial charge in [-0.1, -0.05) is 74.5 Å². The lowest BCUT2D eigenvalue weighted by Crippen LogP contribution is -2.40. The fraction of sp³-hybridized carbons (Fsp3) is 0.381. The first kappa shape index (κ1) is 17.4. The topological polar surface area (TPSA) is 20.3 Å². The van der Waals surface area contributed by atoms with Gasteiger partial charge in [0.1, 0.15) is 5.78 Å². The molecule has 0 heterocycles. The number of benzene rings is 2. The van der Waals surface area contributed by atoms with Gasteiger partial charge in [0.25, 0.3) is 0 Å². The quantitative estimate of drug-likeness (QED) is 0.705. The largest absolute Gasteiger partial charge is 0.298 e. The number of hydrogen-bond acceptors (Lipinski definition) is 2. The third kappa shape index (κ3) is 5.65. The third-order valence-electron chi connectivity index (χ3n) is 4.06. The molecule has 1 atom stereocenters. The minimum Gasteiger partial charge on any atom is -0.298 e. The fourth-order valence-corrected chi connectivity index (χ4v) is 2.93.